The number of fused-ring (bicyclic) bond motifs is 1. The molecule has 1 aromatic heterocycles. The molecule has 1 N–H and O–H groups in total. The molecule has 4 nitrogen and oxygen atoms in total. The van der Waals surface area contributed by atoms with Crippen LogP contribution in [-0.4, -0.2) is 41.6 Å². The van der Waals surface area contributed by atoms with E-state index in [1.165, 1.54) is 37.9 Å². The fourth-order valence-electron chi connectivity index (χ4n) is 3.85. The molecule has 4 heteroatoms. The van der Waals surface area contributed by atoms with Crippen LogP contribution >= 0.6 is 0 Å². The second kappa shape index (κ2) is 7.84. The molecule has 0 saturated carbocycles. The summed E-state index contributed by atoms with van der Waals surface area (Å²) >= 11 is 0. The first-order valence-electron chi connectivity index (χ1n) is 9.30. The third-order valence-corrected chi connectivity index (χ3v) is 5.14. The zero-order chi connectivity index (χ0) is 16.9. The van der Waals surface area contributed by atoms with Crippen LogP contribution in [0.15, 0.2) is 24.3 Å². The number of rotatable bonds is 7. The molecule has 0 unspecified atom stereocenters. The van der Waals surface area contributed by atoms with Crippen LogP contribution in [0.25, 0.3) is 10.9 Å². The molecule has 130 valence electrons. The maximum Gasteiger partial charge on any atom is 0.268 e. The lowest BCUT2D eigenvalue weighted by Gasteiger charge is -2.14. The molecular weight excluding hydrogens is 298 g/mol. The van der Waals surface area contributed by atoms with Crippen LogP contribution in [0.4, 0.5) is 0 Å². The maximum absolute atomic E-state index is 12.7. The number of nitrogens with zero attached hydrogens (tertiary/aromatic N) is 2. The highest BCUT2D eigenvalue weighted by molar-refractivity contribution is 6.01. The minimum Gasteiger partial charge on any atom is -0.351 e. The second-order valence-corrected chi connectivity index (χ2v) is 6.75. The van der Waals surface area contributed by atoms with Gasteiger partial charge in [-0.25, -0.2) is 0 Å². The van der Waals surface area contributed by atoms with Crippen LogP contribution in [0, 0.1) is 6.92 Å². The Kier molecular flexibility index (Phi) is 5.56. The Hall–Kier alpha value is -1.81. The third-order valence-electron chi connectivity index (χ3n) is 5.14. The number of aryl methyl sites for hydroxylation is 2. The summed E-state index contributed by atoms with van der Waals surface area (Å²) < 4.78 is 2.13. The highest BCUT2D eigenvalue weighted by atomic mass is 16.1. The first kappa shape index (κ1) is 17.0. The van der Waals surface area contributed by atoms with Crippen molar-refractivity contribution in [3.8, 4) is 0 Å². The van der Waals surface area contributed by atoms with E-state index in [-0.39, 0.29) is 5.91 Å². The number of amides is 1. The molecule has 0 spiro atoms. The van der Waals surface area contributed by atoms with E-state index in [4.69, 9.17) is 0 Å². The summed E-state index contributed by atoms with van der Waals surface area (Å²) in [7, 11) is 0. The summed E-state index contributed by atoms with van der Waals surface area (Å²) in [6.07, 6.45) is 4.90. The number of para-hydroxylation sites is 1. The van der Waals surface area contributed by atoms with Gasteiger partial charge >= 0.3 is 0 Å². The van der Waals surface area contributed by atoms with Gasteiger partial charge in [-0.05, 0) is 70.8 Å². The third kappa shape index (κ3) is 3.48. The van der Waals surface area contributed by atoms with Gasteiger partial charge in [0.05, 0.1) is 0 Å². The molecule has 1 aromatic carbocycles. The summed E-state index contributed by atoms with van der Waals surface area (Å²) in [5.41, 5.74) is 3.05. The number of benzene rings is 1. The van der Waals surface area contributed by atoms with Crippen LogP contribution in [0.5, 0.6) is 0 Å². The number of hydrogen-bond donors (Lipinski definition) is 1. The van der Waals surface area contributed by atoms with Gasteiger partial charge in [0.15, 0.2) is 0 Å². The fraction of sp³-hybridized carbons (Fsp3) is 0.550. The predicted molar refractivity (Wildman–Crippen MR) is 99.6 cm³/mol. The van der Waals surface area contributed by atoms with E-state index in [1.54, 1.807) is 0 Å². The summed E-state index contributed by atoms with van der Waals surface area (Å²) in [6, 6.07) is 8.27. The van der Waals surface area contributed by atoms with E-state index in [0.29, 0.717) is 0 Å². The molecule has 2 aromatic rings. The van der Waals surface area contributed by atoms with Gasteiger partial charge in [0, 0.05) is 24.0 Å². The predicted octanol–water partition coefficient (Wildman–Crippen LogP) is 3.58. The first-order valence-corrected chi connectivity index (χ1v) is 9.30. The zero-order valence-electron chi connectivity index (χ0n) is 15.0. The van der Waals surface area contributed by atoms with Gasteiger partial charge in [0.2, 0.25) is 0 Å². The number of hydrogen-bond acceptors (Lipinski definition) is 2. The normalized spacial score (nSPS) is 15.2. The van der Waals surface area contributed by atoms with Crippen LogP contribution < -0.4 is 5.32 Å². The van der Waals surface area contributed by atoms with E-state index in [0.717, 1.165) is 42.7 Å². The Morgan fingerprint density at radius 1 is 1.17 bits per heavy atom. The van der Waals surface area contributed by atoms with Gasteiger partial charge in [0.25, 0.3) is 5.91 Å². The van der Waals surface area contributed by atoms with E-state index in [9.17, 15) is 4.79 Å². The monoisotopic (exact) mass is 327 g/mol. The molecule has 3 rings (SSSR count). The Morgan fingerprint density at radius 2 is 1.92 bits per heavy atom. The smallest absolute Gasteiger partial charge is 0.268 e. The van der Waals surface area contributed by atoms with E-state index in [1.807, 2.05) is 12.1 Å². The largest absolute Gasteiger partial charge is 0.351 e. The number of nitrogens with one attached hydrogen (secondary N) is 1. The number of carbonyl (C=O) groups excluding carboxylic acids is 1. The Bertz CT molecular complexity index is 698. The number of unbranched alkanes of at least 4 members (excludes halogenated alkanes) is 1. The molecule has 1 aliphatic heterocycles. The average Bonchev–Trinajstić information content (AvgIpc) is 3.21. The lowest BCUT2D eigenvalue weighted by molar-refractivity contribution is 0.0943. The summed E-state index contributed by atoms with van der Waals surface area (Å²) in [5, 5.41) is 4.30. The van der Waals surface area contributed by atoms with Crippen molar-refractivity contribution in [1.82, 2.24) is 14.8 Å². The first-order chi connectivity index (χ1) is 11.7. The minimum atomic E-state index is 0.0618. The number of carbonyl (C=O) groups is 1. The van der Waals surface area contributed by atoms with Crippen molar-refractivity contribution in [3.63, 3.8) is 0 Å². The quantitative estimate of drug-likeness (QED) is 0.789. The molecule has 1 saturated heterocycles. The van der Waals surface area contributed by atoms with Gasteiger partial charge in [-0.15, -0.1) is 0 Å². The van der Waals surface area contributed by atoms with Gasteiger partial charge < -0.3 is 14.8 Å². The second-order valence-electron chi connectivity index (χ2n) is 6.75. The fourth-order valence-corrected chi connectivity index (χ4v) is 3.85. The van der Waals surface area contributed by atoms with E-state index < -0.39 is 0 Å². The van der Waals surface area contributed by atoms with Crippen molar-refractivity contribution in [3.05, 3.63) is 35.5 Å². The lowest BCUT2D eigenvalue weighted by atomic mass is 10.1. The summed E-state index contributed by atoms with van der Waals surface area (Å²) in [5.74, 6) is 0.0618. The van der Waals surface area contributed by atoms with Gasteiger partial charge in [-0.1, -0.05) is 18.2 Å². The van der Waals surface area contributed by atoms with Crippen molar-refractivity contribution >= 4 is 16.8 Å². The van der Waals surface area contributed by atoms with Crippen LogP contribution in [0.1, 0.15) is 48.7 Å². The molecule has 1 fully saturated rings. The molecule has 2 heterocycles. The lowest BCUT2D eigenvalue weighted by Crippen LogP contribution is -2.28. The van der Waals surface area contributed by atoms with E-state index in [2.05, 4.69) is 40.8 Å². The number of likely N-dealkylation sites (tertiary alicyclic amines) is 1. The van der Waals surface area contributed by atoms with Gasteiger partial charge in [-0.2, -0.15) is 0 Å². The van der Waals surface area contributed by atoms with Crippen molar-refractivity contribution < 1.29 is 4.79 Å². The summed E-state index contributed by atoms with van der Waals surface area (Å²) in [6.45, 7) is 9.40. The van der Waals surface area contributed by atoms with Crippen molar-refractivity contribution in [2.45, 2.75) is 46.1 Å². The molecule has 0 bridgehead atoms. The number of aromatic nitrogens is 1. The average molecular weight is 327 g/mol. The Labute approximate surface area is 144 Å². The van der Waals surface area contributed by atoms with Gasteiger partial charge in [-0.3, -0.25) is 4.79 Å². The van der Waals surface area contributed by atoms with Crippen LogP contribution in [-0.2, 0) is 6.54 Å². The van der Waals surface area contributed by atoms with Crippen molar-refractivity contribution in [2.75, 3.05) is 26.2 Å². The highest BCUT2D eigenvalue weighted by Gasteiger charge is 2.18. The highest BCUT2D eigenvalue weighted by Crippen LogP contribution is 2.25. The molecule has 0 atom stereocenters. The standard InChI is InChI=1S/C20H29N3O/c1-3-23-18-11-5-4-10-17(18)16(2)19(23)20(24)21-12-6-7-13-22-14-8-9-15-22/h4-5,10-11H,3,6-9,12-15H2,1-2H3,(H,21,24). The van der Waals surface area contributed by atoms with Gasteiger partial charge in [0.1, 0.15) is 5.69 Å². The molecule has 24 heavy (non-hydrogen) atoms. The van der Waals surface area contributed by atoms with Crippen molar-refractivity contribution in [2.24, 2.45) is 0 Å². The van der Waals surface area contributed by atoms with Crippen molar-refractivity contribution in [1.29, 1.82) is 0 Å². The van der Waals surface area contributed by atoms with Crippen LogP contribution in [0.3, 0.4) is 0 Å². The molecule has 1 amide bonds. The molecule has 0 aliphatic carbocycles. The maximum atomic E-state index is 12.7. The topological polar surface area (TPSA) is 37.3 Å². The SMILES string of the molecule is CCn1c(C(=O)NCCCCN2CCCC2)c(C)c2ccccc21. The minimum absolute atomic E-state index is 0.0618. The molecule has 1 aliphatic rings. The zero-order valence-corrected chi connectivity index (χ0v) is 15.0. The molecule has 0 radical (unpaired) electrons. The van der Waals surface area contributed by atoms with Crippen LogP contribution in [0.2, 0.25) is 0 Å². The summed E-state index contributed by atoms with van der Waals surface area (Å²) in [4.78, 5) is 15.2. The Balaban J connectivity index is 1.58. The molecular formula is C20H29N3O. The Morgan fingerprint density at radius 3 is 2.67 bits per heavy atom. The van der Waals surface area contributed by atoms with E-state index >= 15 is 0 Å².